The number of rotatable bonds is 7. The summed E-state index contributed by atoms with van der Waals surface area (Å²) in [6.45, 7) is 4.22. The maximum atomic E-state index is 10.0. The highest BCUT2D eigenvalue weighted by Gasteiger charge is 2.21. The summed E-state index contributed by atoms with van der Waals surface area (Å²) in [4.78, 5) is 8.87. The highest BCUT2D eigenvalue weighted by molar-refractivity contribution is 5.57. The molecule has 1 fully saturated rings. The molecule has 8 nitrogen and oxygen atoms in total. The number of ether oxygens (including phenoxy) is 2. The first kappa shape index (κ1) is 19.1. The molecular formula is C21H24N4O4. The van der Waals surface area contributed by atoms with E-state index in [0.717, 1.165) is 43.4 Å². The Balaban J connectivity index is 1.26. The fourth-order valence-corrected chi connectivity index (χ4v) is 3.30. The first-order chi connectivity index (χ1) is 14.2. The molecule has 3 aromatic rings. The molecule has 0 atom stereocenters. The Kier molecular flexibility index (Phi) is 5.81. The van der Waals surface area contributed by atoms with Crippen LogP contribution in [0, 0.1) is 0 Å². The Labute approximate surface area is 169 Å². The van der Waals surface area contributed by atoms with E-state index in [1.807, 2.05) is 42.5 Å². The van der Waals surface area contributed by atoms with Gasteiger partial charge in [0, 0.05) is 26.2 Å². The maximum Gasteiger partial charge on any atom is 0.240 e. The quantitative estimate of drug-likeness (QED) is 0.653. The summed E-state index contributed by atoms with van der Waals surface area (Å²) in [5.41, 5.74) is 0.878. The molecule has 1 aliphatic heterocycles. The molecule has 0 amide bonds. The van der Waals surface area contributed by atoms with Crippen molar-refractivity contribution in [1.29, 1.82) is 0 Å². The van der Waals surface area contributed by atoms with Crippen LogP contribution in [0.2, 0.25) is 0 Å². The molecule has 0 spiro atoms. The molecule has 152 valence electrons. The Morgan fingerprint density at radius 1 is 1.00 bits per heavy atom. The lowest BCUT2D eigenvalue weighted by atomic mass is 10.2. The van der Waals surface area contributed by atoms with Gasteiger partial charge in [-0.2, -0.15) is 4.98 Å². The van der Waals surface area contributed by atoms with E-state index in [1.165, 1.54) is 0 Å². The van der Waals surface area contributed by atoms with E-state index in [4.69, 9.17) is 14.0 Å². The van der Waals surface area contributed by atoms with Gasteiger partial charge in [0.05, 0.1) is 19.3 Å². The van der Waals surface area contributed by atoms with Crippen molar-refractivity contribution in [3.05, 3.63) is 60.2 Å². The van der Waals surface area contributed by atoms with E-state index in [9.17, 15) is 5.11 Å². The minimum Gasteiger partial charge on any atom is -0.506 e. The zero-order valence-electron chi connectivity index (χ0n) is 16.3. The molecule has 29 heavy (non-hydrogen) atoms. The fourth-order valence-electron chi connectivity index (χ4n) is 3.30. The standard InChI is InChI=1S/C21H24N4O4/c1-27-16-6-8-17(9-7-16)28-15-20-22-21(29-23-20)14-24-10-12-25(13-11-24)18-4-2-3-5-19(18)26/h2-9,26H,10-15H2,1H3. The lowest BCUT2D eigenvalue weighted by Gasteiger charge is -2.35. The number of aromatic nitrogens is 2. The predicted octanol–water partition coefficient (Wildman–Crippen LogP) is 2.69. The minimum atomic E-state index is 0.247. The zero-order valence-corrected chi connectivity index (χ0v) is 16.3. The molecule has 0 saturated carbocycles. The molecule has 0 bridgehead atoms. The van der Waals surface area contributed by atoms with Crippen molar-refractivity contribution in [2.45, 2.75) is 13.2 Å². The Hall–Kier alpha value is -3.26. The molecule has 4 rings (SSSR count). The van der Waals surface area contributed by atoms with Gasteiger partial charge in [-0.05, 0) is 36.4 Å². The van der Waals surface area contributed by atoms with Crippen molar-refractivity contribution < 1.29 is 19.1 Å². The van der Waals surface area contributed by atoms with Gasteiger partial charge in [0.1, 0.15) is 17.2 Å². The van der Waals surface area contributed by atoms with E-state index in [2.05, 4.69) is 19.9 Å². The second-order valence-corrected chi connectivity index (χ2v) is 6.82. The van der Waals surface area contributed by atoms with Crippen LogP contribution < -0.4 is 14.4 Å². The average molecular weight is 396 g/mol. The van der Waals surface area contributed by atoms with Crippen LogP contribution in [0.5, 0.6) is 17.2 Å². The smallest absolute Gasteiger partial charge is 0.240 e. The zero-order chi connectivity index (χ0) is 20.1. The summed E-state index contributed by atoms with van der Waals surface area (Å²) in [5.74, 6) is 2.91. The number of para-hydroxylation sites is 2. The van der Waals surface area contributed by atoms with Gasteiger partial charge in [0.25, 0.3) is 0 Å². The number of methoxy groups -OCH3 is 1. The van der Waals surface area contributed by atoms with Crippen LogP contribution in [0.3, 0.4) is 0 Å². The molecule has 2 aromatic carbocycles. The van der Waals surface area contributed by atoms with Crippen LogP contribution in [0.15, 0.2) is 53.1 Å². The minimum absolute atomic E-state index is 0.247. The number of hydrogen-bond donors (Lipinski definition) is 1. The highest BCUT2D eigenvalue weighted by atomic mass is 16.5. The van der Waals surface area contributed by atoms with Gasteiger partial charge in [0.2, 0.25) is 11.7 Å². The number of phenolic OH excluding ortho intramolecular Hbond substituents is 1. The molecular weight excluding hydrogens is 372 g/mol. The third-order valence-electron chi connectivity index (χ3n) is 4.89. The number of nitrogens with zero attached hydrogens (tertiary/aromatic N) is 4. The molecule has 2 heterocycles. The lowest BCUT2D eigenvalue weighted by Crippen LogP contribution is -2.46. The Morgan fingerprint density at radius 2 is 1.72 bits per heavy atom. The number of phenols is 1. The largest absolute Gasteiger partial charge is 0.506 e. The van der Waals surface area contributed by atoms with Crippen LogP contribution in [-0.4, -0.2) is 53.4 Å². The Bertz CT molecular complexity index is 920. The number of benzene rings is 2. The fraction of sp³-hybridized carbons (Fsp3) is 0.333. The van der Waals surface area contributed by atoms with Crippen LogP contribution in [-0.2, 0) is 13.2 Å². The van der Waals surface area contributed by atoms with Gasteiger partial charge in [-0.25, -0.2) is 0 Å². The third-order valence-corrected chi connectivity index (χ3v) is 4.89. The predicted molar refractivity (Wildman–Crippen MR) is 107 cm³/mol. The van der Waals surface area contributed by atoms with Gasteiger partial charge in [-0.3, -0.25) is 4.90 Å². The van der Waals surface area contributed by atoms with Crippen molar-refractivity contribution in [3.8, 4) is 17.2 Å². The lowest BCUT2D eigenvalue weighted by molar-refractivity contribution is 0.214. The van der Waals surface area contributed by atoms with Crippen molar-refractivity contribution in [3.63, 3.8) is 0 Å². The number of anilines is 1. The summed E-state index contributed by atoms with van der Waals surface area (Å²) >= 11 is 0. The molecule has 0 aliphatic carbocycles. The normalized spacial score (nSPS) is 14.7. The van der Waals surface area contributed by atoms with Gasteiger partial charge < -0.3 is 24.0 Å². The molecule has 1 saturated heterocycles. The van der Waals surface area contributed by atoms with Crippen LogP contribution in [0.25, 0.3) is 0 Å². The third kappa shape index (κ3) is 4.78. The second-order valence-electron chi connectivity index (χ2n) is 6.82. The van der Waals surface area contributed by atoms with E-state index in [0.29, 0.717) is 24.0 Å². The number of piperazine rings is 1. The first-order valence-corrected chi connectivity index (χ1v) is 9.55. The maximum absolute atomic E-state index is 10.0. The molecule has 1 aliphatic rings. The van der Waals surface area contributed by atoms with Gasteiger partial charge in [-0.15, -0.1) is 0 Å². The molecule has 1 N–H and O–H groups in total. The average Bonchev–Trinajstić information content (AvgIpc) is 3.21. The van der Waals surface area contributed by atoms with Gasteiger partial charge in [0.15, 0.2) is 6.61 Å². The van der Waals surface area contributed by atoms with E-state index >= 15 is 0 Å². The van der Waals surface area contributed by atoms with Gasteiger partial charge in [-0.1, -0.05) is 17.3 Å². The van der Waals surface area contributed by atoms with E-state index < -0.39 is 0 Å². The van der Waals surface area contributed by atoms with Crippen LogP contribution >= 0.6 is 0 Å². The summed E-state index contributed by atoms with van der Waals surface area (Å²) in [5, 5.41) is 14.0. The molecule has 0 radical (unpaired) electrons. The van der Waals surface area contributed by atoms with Crippen molar-refractivity contribution in [2.24, 2.45) is 0 Å². The summed E-state index contributed by atoms with van der Waals surface area (Å²) in [7, 11) is 1.63. The van der Waals surface area contributed by atoms with E-state index in [1.54, 1.807) is 13.2 Å². The summed E-state index contributed by atoms with van der Waals surface area (Å²) in [6, 6.07) is 14.8. The van der Waals surface area contributed by atoms with Crippen LogP contribution in [0.4, 0.5) is 5.69 Å². The SMILES string of the molecule is COc1ccc(OCc2noc(CN3CCN(c4ccccc4O)CC3)n2)cc1. The summed E-state index contributed by atoms with van der Waals surface area (Å²) < 4.78 is 16.2. The van der Waals surface area contributed by atoms with Crippen molar-refractivity contribution in [2.75, 3.05) is 38.2 Å². The molecule has 1 aromatic heterocycles. The van der Waals surface area contributed by atoms with Crippen molar-refractivity contribution in [1.82, 2.24) is 15.0 Å². The second kappa shape index (κ2) is 8.83. The monoisotopic (exact) mass is 396 g/mol. The van der Waals surface area contributed by atoms with Crippen molar-refractivity contribution >= 4 is 5.69 Å². The van der Waals surface area contributed by atoms with Crippen LogP contribution in [0.1, 0.15) is 11.7 Å². The Morgan fingerprint density at radius 3 is 2.45 bits per heavy atom. The topological polar surface area (TPSA) is 84.1 Å². The summed E-state index contributed by atoms with van der Waals surface area (Å²) in [6.07, 6.45) is 0. The number of aromatic hydroxyl groups is 1. The van der Waals surface area contributed by atoms with Gasteiger partial charge >= 0.3 is 0 Å². The molecule has 0 unspecified atom stereocenters. The van der Waals surface area contributed by atoms with E-state index in [-0.39, 0.29) is 6.61 Å². The number of hydrogen-bond acceptors (Lipinski definition) is 8. The first-order valence-electron chi connectivity index (χ1n) is 9.55. The molecule has 8 heteroatoms. The highest BCUT2D eigenvalue weighted by Crippen LogP contribution is 2.27.